The Morgan fingerprint density at radius 1 is 0.848 bits per heavy atom. The molecule has 0 aliphatic heterocycles. The minimum absolute atomic E-state index is 0.261. The van der Waals surface area contributed by atoms with Gasteiger partial charge in [0.25, 0.3) is 5.91 Å². The van der Waals surface area contributed by atoms with Crippen molar-refractivity contribution < 1.29 is 14.3 Å². The van der Waals surface area contributed by atoms with Crippen LogP contribution in [0.25, 0.3) is 0 Å². The molecule has 0 fully saturated rings. The molecule has 166 valence electrons. The number of amides is 1. The van der Waals surface area contributed by atoms with Crippen molar-refractivity contribution in [3.8, 4) is 23.6 Å². The Kier molecular flexibility index (Phi) is 8.88. The molecule has 6 heteroatoms. The molecule has 1 amide bonds. The van der Waals surface area contributed by atoms with E-state index in [2.05, 4.69) is 11.4 Å². The van der Waals surface area contributed by atoms with Gasteiger partial charge >= 0.3 is 0 Å². The lowest BCUT2D eigenvalue weighted by molar-refractivity contribution is 0.0938. The summed E-state index contributed by atoms with van der Waals surface area (Å²) < 4.78 is 12.1. The molecular formula is C27H25N3O3. The third kappa shape index (κ3) is 7.12. The minimum atomic E-state index is -0.693. The Hall–Kier alpha value is -4.29. The number of benzene rings is 3. The van der Waals surface area contributed by atoms with Crippen LogP contribution < -0.4 is 14.8 Å². The number of hydrogen-bond acceptors (Lipinski definition) is 5. The highest BCUT2D eigenvalue weighted by Gasteiger charge is 2.20. The second-order valence-corrected chi connectivity index (χ2v) is 7.39. The van der Waals surface area contributed by atoms with E-state index in [0.717, 1.165) is 11.1 Å². The van der Waals surface area contributed by atoms with E-state index in [1.54, 1.807) is 18.2 Å². The molecule has 1 N–H and O–H groups in total. The SMILES string of the molecule is N#CCCC[C@H](C#N)NC(=O)c1cccc(OCc2ccccc2)c1OCc1ccccc1. The predicted octanol–water partition coefficient (Wildman–Crippen LogP) is 5.16. The largest absolute Gasteiger partial charge is 0.485 e. The molecule has 0 aliphatic rings. The summed E-state index contributed by atoms with van der Waals surface area (Å²) in [6.07, 6.45) is 1.27. The van der Waals surface area contributed by atoms with Gasteiger partial charge in [-0.15, -0.1) is 0 Å². The Labute approximate surface area is 194 Å². The van der Waals surface area contributed by atoms with Crippen LogP contribution in [0.3, 0.4) is 0 Å². The van der Waals surface area contributed by atoms with Crippen molar-refractivity contribution >= 4 is 5.91 Å². The van der Waals surface area contributed by atoms with Crippen LogP contribution in [0.2, 0.25) is 0 Å². The standard InChI is InChI=1S/C27H25N3O3/c28-17-8-7-14-23(18-29)30-27(31)24-15-9-16-25(32-19-21-10-3-1-4-11-21)26(24)33-20-22-12-5-2-6-13-22/h1-6,9-13,15-16,23H,7-8,14,19-20H2,(H,30,31)/t23-/m1/s1. The average Bonchev–Trinajstić information content (AvgIpc) is 2.87. The van der Waals surface area contributed by atoms with Gasteiger partial charge in [-0.2, -0.15) is 10.5 Å². The second kappa shape index (κ2) is 12.5. The average molecular weight is 440 g/mol. The van der Waals surface area contributed by atoms with Gasteiger partial charge in [-0.25, -0.2) is 0 Å². The van der Waals surface area contributed by atoms with Gasteiger partial charge in [0.1, 0.15) is 19.3 Å². The maximum absolute atomic E-state index is 13.0. The molecule has 33 heavy (non-hydrogen) atoms. The summed E-state index contributed by atoms with van der Waals surface area (Å²) in [6, 6.07) is 27.9. The number of para-hydroxylation sites is 1. The zero-order valence-electron chi connectivity index (χ0n) is 18.2. The van der Waals surface area contributed by atoms with Gasteiger partial charge in [0.15, 0.2) is 11.5 Å². The van der Waals surface area contributed by atoms with Crippen LogP contribution in [0.1, 0.15) is 40.7 Å². The first kappa shape index (κ1) is 23.4. The first-order valence-electron chi connectivity index (χ1n) is 10.7. The van der Waals surface area contributed by atoms with Crippen molar-refractivity contribution in [2.45, 2.75) is 38.5 Å². The van der Waals surface area contributed by atoms with Crippen molar-refractivity contribution in [1.82, 2.24) is 5.32 Å². The summed E-state index contributed by atoms with van der Waals surface area (Å²) in [6.45, 7) is 0.583. The van der Waals surface area contributed by atoms with Gasteiger partial charge in [0, 0.05) is 6.42 Å². The van der Waals surface area contributed by atoms with Crippen molar-refractivity contribution in [1.29, 1.82) is 10.5 Å². The first-order valence-corrected chi connectivity index (χ1v) is 10.7. The van der Waals surface area contributed by atoms with E-state index in [0.29, 0.717) is 37.4 Å². The van der Waals surface area contributed by atoms with Gasteiger partial charge in [-0.1, -0.05) is 66.7 Å². The van der Waals surface area contributed by atoms with Crippen LogP contribution in [0, 0.1) is 22.7 Å². The topological polar surface area (TPSA) is 95.1 Å². The van der Waals surface area contributed by atoms with Gasteiger partial charge < -0.3 is 14.8 Å². The lowest BCUT2D eigenvalue weighted by Crippen LogP contribution is -2.34. The van der Waals surface area contributed by atoms with E-state index in [4.69, 9.17) is 14.7 Å². The predicted molar refractivity (Wildman–Crippen MR) is 124 cm³/mol. The van der Waals surface area contributed by atoms with Crippen LogP contribution >= 0.6 is 0 Å². The molecule has 3 rings (SSSR count). The van der Waals surface area contributed by atoms with Crippen molar-refractivity contribution in [3.63, 3.8) is 0 Å². The third-order valence-corrected chi connectivity index (χ3v) is 4.93. The highest BCUT2D eigenvalue weighted by Crippen LogP contribution is 2.33. The fourth-order valence-corrected chi connectivity index (χ4v) is 3.21. The Morgan fingerprint density at radius 3 is 2.09 bits per heavy atom. The summed E-state index contributed by atoms with van der Waals surface area (Å²) >= 11 is 0. The number of nitrogens with zero attached hydrogens (tertiary/aromatic N) is 2. The fourth-order valence-electron chi connectivity index (χ4n) is 3.21. The van der Waals surface area contributed by atoms with E-state index >= 15 is 0 Å². The van der Waals surface area contributed by atoms with Crippen LogP contribution in [0.15, 0.2) is 78.9 Å². The number of ether oxygens (including phenoxy) is 2. The van der Waals surface area contributed by atoms with E-state index in [1.165, 1.54) is 0 Å². The molecule has 0 saturated carbocycles. The van der Waals surface area contributed by atoms with Gasteiger partial charge in [-0.05, 0) is 36.1 Å². The van der Waals surface area contributed by atoms with Crippen LogP contribution in [-0.2, 0) is 13.2 Å². The van der Waals surface area contributed by atoms with E-state index in [-0.39, 0.29) is 12.2 Å². The number of nitriles is 2. The zero-order chi connectivity index (χ0) is 23.3. The van der Waals surface area contributed by atoms with E-state index < -0.39 is 11.9 Å². The molecular weight excluding hydrogens is 414 g/mol. The molecule has 3 aromatic carbocycles. The smallest absolute Gasteiger partial charge is 0.256 e. The number of carbonyl (C=O) groups excluding carboxylic acids is 1. The summed E-state index contributed by atoms with van der Waals surface area (Å²) in [5.74, 6) is 0.343. The second-order valence-electron chi connectivity index (χ2n) is 7.39. The van der Waals surface area contributed by atoms with Crippen molar-refractivity contribution in [2.24, 2.45) is 0 Å². The quantitative estimate of drug-likeness (QED) is 0.416. The number of rotatable bonds is 11. The molecule has 0 radical (unpaired) electrons. The lowest BCUT2D eigenvalue weighted by Gasteiger charge is -2.18. The summed E-state index contributed by atoms with van der Waals surface area (Å²) in [7, 11) is 0. The Bertz CT molecular complexity index is 1120. The first-order chi connectivity index (χ1) is 16.2. The Morgan fingerprint density at radius 2 is 1.48 bits per heavy atom. The lowest BCUT2D eigenvalue weighted by atomic mass is 10.1. The number of carbonyl (C=O) groups is 1. The maximum Gasteiger partial charge on any atom is 0.256 e. The van der Waals surface area contributed by atoms with E-state index in [9.17, 15) is 10.1 Å². The van der Waals surface area contributed by atoms with Crippen molar-refractivity contribution in [2.75, 3.05) is 0 Å². The third-order valence-electron chi connectivity index (χ3n) is 4.93. The number of unbranched alkanes of at least 4 members (excludes halogenated alkanes) is 1. The molecule has 0 bridgehead atoms. The normalized spacial score (nSPS) is 11.0. The summed E-state index contributed by atoms with van der Waals surface area (Å²) in [5, 5.41) is 20.9. The molecule has 0 saturated heterocycles. The minimum Gasteiger partial charge on any atom is -0.485 e. The highest BCUT2D eigenvalue weighted by molar-refractivity contribution is 5.98. The summed E-state index contributed by atoms with van der Waals surface area (Å²) in [5.41, 5.74) is 2.23. The molecule has 0 spiro atoms. The monoisotopic (exact) mass is 439 g/mol. The van der Waals surface area contributed by atoms with Gasteiger partial charge in [0.05, 0.1) is 17.7 Å². The molecule has 0 heterocycles. The fraction of sp³-hybridized carbons (Fsp3) is 0.222. The zero-order valence-corrected chi connectivity index (χ0v) is 18.2. The highest BCUT2D eigenvalue weighted by atomic mass is 16.5. The molecule has 0 aliphatic carbocycles. The number of nitrogens with one attached hydrogen (secondary N) is 1. The maximum atomic E-state index is 13.0. The number of hydrogen-bond donors (Lipinski definition) is 1. The molecule has 0 unspecified atom stereocenters. The molecule has 0 aromatic heterocycles. The van der Waals surface area contributed by atoms with Crippen molar-refractivity contribution in [3.05, 3.63) is 95.6 Å². The molecule has 6 nitrogen and oxygen atoms in total. The van der Waals surface area contributed by atoms with Crippen LogP contribution in [0.5, 0.6) is 11.5 Å². The van der Waals surface area contributed by atoms with E-state index in [1.807, 2.05) is 66.7 Å². The van der Waals surface area contributed by atoms with Gasteiger partial charge in [-0.3, -0.25) is 4.79 Å². The molecule has 3 aromatic rings. The van der Waals surface area contributed by atoms with Crippen LogP contribution in [-0.4, -0.2) is 11.9 Å². The van der Waals surface area contributed by atoms with Gasteiger partial charge in [0.2, 0.25) is 0 Å². The van der Waals surface area contributed by atoms with Crippen LogP contribution in [0.4, 0.5) is 0 Å². The summed E-state index contributed by atoms with van der Waals surface area (Å²) in [4.78, 5) is 13.0. The molecule has 1 atom stereocenters. The Balaban J connectivity index is 1.82.